The molecule has 0 radical (unpaired) electrons. The number of halogens is 1. The van der Waals surface area contributed by atoms with Gasteiger partial charge in [-0.05, 0) is 81.4 Å². The third-order valence-electron chi connectivity index (χ3n) is 6.56. The van der Waals surface area contributed by atoms with Crippen molar-refractivity contribution in [3.8, 4) is 11.4 Å². The van der Waals surface area contributed by atoms with Crippen LogP contribution in [0.4, 0.5) is 11.4 Å². The van der Waals surface area contributed by atoms with E-state index in [9.17, 15) is 23.3 Å². The van der Waals surface area contributed by atoms with Gasteiger partial charge in [0.15, 0.2) is 0 Å². The van der Waals surface area contributed by atoms with Gasteiger partial charge in [0.05, 0.1) is 28.8 Å². The number of hydrogen-bond acceptors (Lipinski definition) is 7. The van der Waals surface area contributed by atoms with E-state index in [0.29, 0.717) is 11.3 Å². The van der Waals surface area contributed by atoms with Crippen LogP contribution in [0.3, 0.4) is 0 Å². The van der Waals surface area contributed by atoms with Crippen LogP contribution in [0.15, 0.2) is 87.3 Å². The number of nitro benzene ring substituents is 1. The van der Waals surface area contributed by atoms with Crippen LogP contribution in [0.5, 0.6) is 5.75 Å². The SMILES string of the molecule is COc1ccc(N(CC(=O)N/N=C\c2cc(C)n(-c3ccc(Br)cc3)c2C)S(=O)(=O)c2ccc(C)c([N+](=O)[O-])c2)cc1. The van der Waals surface area contributed by atoms with Gasteiger partial charge in [-0.15, -0.1) is 0 Å². The molecule has 3 aromatic carbocycles. The van der Waals surface area contributed by atoms with E-state index >= 15 is 0 Å². The molecular weight excluding hydrogens is 626 g/mol. The van der Waals surface area contributed by atoms with Crippen molar-refractivity contribution in [2.24, 2.45) is 5.10 Å². The molecule has 0 atom stereocenters. The second-order valence-electron chi connectivity index (χ2n) is 9.35. The van der Waals surface area contributed by atoms with Gasteiger partial charge in [0.25, 0.3) is 21.6 Å². The Morgan fingerprint density at radius 2 is 1.74 bits per heavy atom. The number of ether oxygens (including phenoxy) is 1. The van der Waals surface area contributed by atoms with Crippen molar-refractivity contribution in [2.75, 3.05) is 18.0 Å². The van der Waals surface area contributed by atoms with E-state index in [-0.39, 0.29) is 16.3 Å². The van der Waals surface area contributed by atoms with Crippen LogP contribution in [-0.4, -0.2) is 43.7 Å². The van der Waals surface area contributed by atoms with Gasteiger partial charge in [-0.2, -0.15) is 5.10 Å². The number of methoxy groups -OCH3 is 1. The summed E-state index contributed by atoms with van der Waals surface area (Å²) in [5.74, 6) is -0.231. The Balaban J connectivity index is 1.59. The number of hydrogen-bond donors (Lipinski definition) is 1. The minimum atomic E-state index is -4.39. The number of amides is 1. The summed E-state index contributed by atoms with van der Waals surface area (Å²) in [4.78, 5) is 23.5. The van der Waals surface area contributed by atoms with Gasteiger partial charge >= 0.3 is 0 Å². The topological polar surface area (TPSA) is 136 Å². The van der Waals surface area contributed by atoms with Crippen molar-refractivity contribution in [2.45, 2.75) is 25.7 Å². The molecule has 0 aliphatic heterocycles. The first-order valence-corrected chi connectivity index (χ1v) is 14.8. The predicted molar refractivity (Wildman–Crippen MR) is 164 cm³/mol. The first-order chi connectivity index (χ1) is 19.9. The number of benzene rings is 3. The minimum Gasteiger partial charge on any atom is -0.497 e. The van der Waals surface area contributed by atoms with Crippen LogP contribution in [0.1, 0.15) is 22.5 Å². The number of hydrazone groups is 1. The molecule has 0 aliphatic carbocycles. The number of nitrogens with zero attached hydrogens (tertiary/aromatic N) is 4. The third kappa shape index (κ3) is 6.52. The molecule has 0 bridgehead atoms. The van der Waals surface area contributed by atoms with Gasteiger partial charge in [0.1, 0.15) is 12.3 Å². The van der Waals surface area contributed by atoms with Crippen LogP contribution >= 0.6 is 15.9 Å². The lowest BCUT2D eigenvalue weighted by Crippen LogP contribution is -2.39. The summed E-state index contributed by atoms with van der Waals surface area (Å²) in [5.41, 5.74) is 6.11. The number of nitrogens with one attached hydrogen (secondary N) is 1. The summed E-state index contributed by atoms with van der Waals surface area (Å²) in [6, 6.07) is 19.4. The lowest BCUT2D eigenvalue weighted by Gasteiger charge is -2.24. The van der Waals surface area contributed by atoms with Crippen molar-refractivity contribution in [1.29, 1.82) is 0 Å². The number of aromatic nitrogens is 1. The average molecular weight is 655 g/mol. The van der Waals surface area contributed by atoms with Crippen molar-refractivity contribution in [1.82, 2.24) is 9.99 Å². The monoisotopic (exact) mass is 653 g/mol. The molecule has 11 nitrogen and oxygen atoms in total. The van der Waals surface area contributed by atoms with Gasteiger partial charge in [-0.3, -0.25) is 19.2 Å². The zero-order chi connectivity index (χ0) is 30.6. The zero-order valence-electron chi connectivity index (χ0n) is 23.2. The molecule has 0 fully saturated rings. The number of carbonyl (C=O) groups excluding carboxylic acids is 1. The minimum absolute atomic E-state index is 0.163. The van der Waals surface area contributed by atoms with Crippen molar-refractivity contribution >= 4 is 49.4 Å². The van der Waals surface area contributed by atoms with Gasteiger partial charge in [0, 0.05) is 38.7 Å². The quantitative estimate of drug-likeness (QED) is 0.138. The van der Waals surface area contributed by atoms with Gasteiger partial charge in [-0.1, -0.05) is 22.0 Å². The van der Waals surface area contributed by atoms with Crippen LogP contribution in [-0.2, 0) is 14.8 Å². The summed E-state index contributed by atoms with van der Waals surface area (Å²) < 4.78 is 36.4. The summed E-state index contributed by atoms with van der Waals surface area (Å²) in [5, 5.41) is 15.5. The molecule has 4 aromatic rings. The number of nitro groups is 1. The van der Waals surface area contributed by atoms with E-state index in [2.05, 4.69) is 26.5 Å². The van der Waals surface area contributed by atoms with Crippen molar-refractivity contribution < 1.29 is 22.9 Å². The first kappa shape index (κ1) is 30.5. The molecular formula is C29H28BrN5O6S. The molecule has 0 spiro atoms. The fourth-order valence-electron chi connectivity index (χ4n) is 4.38. The molecule has 1 N–H and O–H groups in total. The number of anilines is 1. The average Bonchev–Trinajstić information content (AvgIpc) is 3.24. The summed E-state index contributed by atoms with van der Waals surface area (Å²) in [6.07, 6.45) is 1.49. The van der Waals surface area contributed by atoms with E-state index in [1.54, 1.807) is 12.1 Å². The molecule has 218 valence electrons. The molecule has 13 heteroatoms. The summed E-state index contributed by atoms with van der Waals surface area (Å²) >= 11 is 3.44. The van der Waals surface area contributed by atoms with Crippen LogP contribution in [0, 0.1) is 30.9 Å². The third-order valence-corrected chi connectivity index (χ3v) is 8.86. The fourth-order valence-corrected chi connectivity index (χ4v) is 6.09. The molecule has 0 unspecified atom stereocenters. The molecule has 42 heavy (non-hydrogen) atoms. The van der Waals surface area contributed by atoms with Gasteiger partial charge < -0.3 is 9.30 Å². The number of carbonyl (C=O) groups is 1. The van der Waals surface area contributed by atoms with E-state index in [1.165, 1.54) is 44.5 Å². The van der Waals surface area contributed by atoms with E-state index in [0.717, 1.165) is 37.5 Å². The first-order valence-electron chi connectivity index (χ1n) is 12.6. The summed E-state index contributed by atoms with van der Waals surface area (Å²) in [6.45, 7) is 4.76. The molecule has 0 aliphatic rings. The number of aryl methyl sites for hydroxylation is 2. The van der Waals surface area contributed by atoms with Crippen LogP contribution in [0.2, 0.25) is 0 Å². The highest BCUT2D eigenvalue weighted by atomic mass is 79.9. The summed E-state index contributed by atoms with van der Waals surface area (Å²) in [7, 11) is -2.92. The lowest BCUT2D eigenvalue weighted by atomic mass is 10.2. The Morgan fingerprint density at radius 3 is 2.36 bits per heavy atom. The van der Waals surface area contributed by atoms with Crippen LogP contribution < -0.4 is 14.5 Å². The van der Waals surface area contributed by atoms with E-state index < -0.39 is 27.4 Å². The lowest BCUT2D eigenvalue weighted by molar-refractivity contribution is -0.385. The smallest absolute Gasteiger partial charge is 0.273 e. The second-order valence-corrected chi connectivity index (χ2v) is 12.1. The Labute approximate surface area is 251 Å². The highest BCUT2D eigenvalue weighted by Crippen LogP contribution is 2.29. The molecule has 4 rings (SSSR count). The Kier molecular flexibility index (Phi) is 9.12. The highest BCUT2D eigenvalue weighted by Gasteiger charge is 2.29. The maximum Gasteiger partial charge on any atom is 0.273 e. The van der Waals surface area contributed by atoms with E-state index in [4.69, 9.17) is 4.74 Å². The Morgan fingerprint density at radius 1 is 1.07 bits per heavy atom. The normalized spacial score (nSPS) is 11.5. The maximum absolute atomic E-state index is 13.7. The predicted octanol–water partition coefficient (Wildman–Crippen LogP) is 5.43. The van der Waals surface area contributed by atoms with Crippen molar-refractivity contribution in [3.63, 3.8) is 0 Å². The second kappa shape index (κ2) is 12.6. The fraction of sp³-hybridized carbons (Fsp3) is 0.172. The Bertz CT molecular complexity index is 1770. The van der Waals surface area contributed by atoms with E-state index in [1.807, 2.05) is 48.7 Å². The zero-order valence-corrected chi connectivity index (χ0v) is 25.6. The molecule has 0 saturated carbocycles. The molecule has 1 amide bonds. The largest absolute Gasteiger partial charge is 0.497 e. The number of rotatable bonds is 10. The van der Waals surface area contributed by atoms with Gasteiger partial charge in [0.2, 0.25) is 0 Å². The highest BCUT2D eigenvalue weighted by molar-refractivity contribution is 9.10. The molecule has 1 aromatic heterocycles. The standard InChI is InChI=1S/C29H28BrN5O6S/c1-19-5-14-27(16-28(19)35(37)38)42(39,40)33(24-10-12-26(41-4)13-11-24)18-29(36)32-31-17-22-15-20(2)34(21(22)3)25-8-6-23(30)7-9-25/h5-17H,18H2,1-4H3,(H,32,36)/b31-17-. The van der Waals surface area contributed by atoms with Gasteiger partial charge in [-0.25, -0.2) is 13.8 Å². The Hall–Kier alpha value is -4.49. The maximum atomic E-state index is 13.7. The van der Waals surface area contributed by atoms with Crippen molar-refractivity contribution in [3.05, 3.63) is 110 Å². The molecule has 0 saturated heterocycles. The van der Waals surface area contributed by atoms with Crippen LogP contribution in [0.25, 0.3) is 5.69 Å². The molecule has 1 heterocycles. The number of sulfonamides is 1.